The highest BCUT2D eigenvalue weighted by Crippen LogP contribution is 2.56. The molecule has 0 radical (unpaired) electrons. The number of methoxy groups -OCH3 is 1. The summed E-state index contributed by atoms with van der Waals surface area (Å²) >= 11 is 0. The van der Waals surface area contributed by atoms with Crippen molar-refractivity contribution in [3.05, 3.63) is 0 Å². The fourth-order valence-corrected chi connectivity index (χ4v) is 2.32. The van der Waals surface area contributed by atoms with Gasteiger partial charge in [0.05, 0.1) is 12.5 Å². The molecule has 0 N–H and O–H groups in total. The summed E-state index contributed by atoms with van der Waals surface area (Å²) in [5.41, 5.74) is -0.235. The predicted molar refractivity (Wildman–Crippen MR) is 52.3 cm³/mol. The molecule has 0 bridgehead atoms. The summed E-state index contributed by atoms with van der Waals surface area (Å²) in [5, 5.41) is 0. The van der Waals surface area contributed by atoms with Gasteiger partial charge < -0.3 is 4.74 Å². The molecule has 1 aliphatic carbocycles. The summed E-state index contributed by atoms with van der Waals surface area (Å²) in [4.78, 5) is 11.7. The van der Waals surface area contributed by atoms with Gasteiger partial charge in [-0.1, -0.05) is 20.8 Å². The molecule has 76 valence electrons. The van der Waals surface area contributed by atoms with Crippen molar-refractivity contribution in [2.24, 2.45) is 16.7 Å². The topological polar surface area (TPSA) is 26.3 Å². The average Bonchev–Trinajstić information content (AvgIpc) is 2.29. The quantitative estimate of drug-likeness (QED) is 0.585. The molecule has 0 aromatic heterocycles. The molecular weight excluding hydrogens is 164 g/mol. The lowest BCUT2D eigenvalue weighted by molar-refractivity contribution is -0.158. The molecule has 2 heteroatoms. The van der Waals surface area contributed by atoms with Crippen LogP contribution in [0, 0.1) is 16.7 Å². The molecule has 0 heterocycles. The SMILES string of the molecule is COC(=O)[C@]1(C)CC[C@@H](C)C1(C)C. The third kappa shape index (κ3) is 1.27. The van der Waals surface area contributed by atoms with Gasteiger partial charge in [0.15, 0.2) is 0 Å². The highest BCUT2D eigenvalue weighted by molar-refractivity contribution is 5.77. The zero-order chi connectivity index (χ0) is 10.3. The molecule has 0 spiro atoms. The second-order valence-corrected chi connectivity index (χ2v) is 4.99. The molecular formula is C11H20O2. The van der Waals surface area contributed by atoms with E-state index in [4.69, 9.17) is 4.74 Å². The second-order valence-electron chi connectivity index (χ2n) is 4.99. The second kappa shape index (κ2) is 3.00. The van der Waals surface area contributed by atoms with Crippen LogP contribution in [0.15, 0.2) is 0 Å². The summed E-state index contributed by atoms with van der Waals surface area (Å²) in [5.74, 6) is 0.540. The van der Waals surface area contributed by atoms with Crippen molar-refractivity contribution in [3.8, 4) is 0 Å². The van der Waals surface area contributed by atoms with Crippen molar-refractivity contribution in [2.75, 3.05) is 7.11 Å². The molecule has 1 aliphatic rings. The van der Waals surface area contributed by atoms with E-state index in [0.717, 1.165) is 12.8 Å². The van der Waals surface area contributed by atoms with Gasteiger partial charge in [-0.3, -0.25) is 4.79 Å². The molecule has 2 atom stereocenters. The fourth-order valence-electron chi connectivity index (χ4n) is 2.32. The minimum absolute atomic E-state index is 0.0538. The first-order valence-electron chi connectivity index (χ1n) is 4.94. The summed E-state index contributed by atoms with van der Waals surface area (Å²) in [7, 11) is 1.48. The van der Waals surface area contributed by atoms with Gasteiger partial charge in [0.2, 0.25) is 0 Å². The summed E-state index contributed by atoms with van der Waals surface area (Å²) in [6, 6.07) is 0. The number of carbonyl (C=O) groups is 1. The van der Waals surface area contributed by atoms with Crippen LogP contribution in [0.1, 0.15) is 40.5 Å². The lowest BCUT2D eigenvalue weighted by atomic mass is 9.66. The highest BCUT2D eigenvalue weighted by Gasteiger charge is 2.54. The van der Waals surface area contributed by atoms with Crippen LogP contribution in [0.2, 0.25) is 0 Å². The Balaban J connectivity index is 2.98. The lowest BCUT2D eigenvalue weighted by Crippen LogP contribution is -2.40. The highest BCUT2D eigenvalue weighted by atomic mass is 16.5. The Morgan fingerprint density at radius 1 is 1.38 bits per heavy atom. The zero-order valence-corrected chi connectivity index (χ0v) is 9.31. The number of esters is 1. The molecule has 1 fully saturated rings. The number of hydrogen-bond acceptors (Lipinski definition) is 2. The van der Waals surface area contributed by atoms with Crippen LogP contribution in [0.25, 0.3) is 0 Å². The van der Waals surface area contributed by atoms with Gasteiger partial charge in [-0.05, 0) is 31.1 Å². The van der Waals surface area contributed by atoms with Crippen molar-refractivity contribution in [1.29, 1.82) is 0 Å². The molecule has 0 amide bonds. The Hall–Kier alpha value is -0.530. The van der Waals surface area contributed by atoms with Crippen LogP contribution >= 0.6 is 0 Å². The van der Waals surface area contributed by atoms with Crippen molar-refractivity contribution in [2.45, 2.75) is 40.5 Å². The molecule has 0 aliphatic heterocycles. The zero-order valence-electron chi connectivity index (χ0n) is 9.31. The van der Waals surface area contributed by atoms with Crippen LogP contribution < -0.4 is 0 Å². The maximum absolute atomic E-state index is 11.7. The summed E-state index contributed by atoms with van der Waals surface area (Å²) < 4.78 is 4.88. The molecule has 0 saturated heterocycles. The Bertz CT molecular complexity index is 220. The average molecular weight is 184 g/mol. The normalized spacial score (nSPS) is 37.5. The summed E-state index contributed by atoms with van der Waals surface area (Å²) in [6.07, 6.45) is 2.08. The maximum Gasteiger partial charge on any atom is 0.312 e. The predicted octanol–water partition coefficient (Wildman–Crippen LogP) is 2.62. The van der Waals surface area contributed by atoms with Gasteiger partial charge in [0, 0.05) is 0 Å². The van der Waals surface area contributed by atoms with Gasteiger partial charge in [-0.15, -0.1) is 0 Å². The summed E-state index contributed by atoms with van der Waals surface area (Å²) in [6.45, 7) is 8.58. The molecule has 0 aromatic carbocycles. The maximum atomic E-state index is 11.7. The molecule has 0 unspecified atom stereocenters. The van der Waals surface area contributed by atoms with Gasteiger partial charge in [-0.2, -0.15) is 0 Å². The van der Waals surface area contributed by atoms with E-state index in [1.54, 1.807) is 0 Å². The largest absolute Gasteiger partial charge is 0.469 e. The van der Waals surface area contributed by atoms with E-state index in [0.29, 0.717) is 5.92 Å². The van der Waals surface area contributed by atoms with Crippen molar-refractivity contribution in [3.63, 3.8) is 0 Å². The molecule has 0 aromatic rings. The van der Waals surface area contributed by atoms with Crippen LogP contribution in [0.5, 0.6) is 0 Å². The van der Waals surface area contributed by atoms with E-state index in [9.17, 15) is 4.79 Å². The van der Waals surface area contributed by atoms with Crippen LogP contribution in [0.3, 0.4) is 0 Å². The molecule has 1 saturated carbocycles. The van der Waals surface area contributed by atoms with E-state index < -0.39 is 0 Å². The van der Waals surface area contributed by atoms with E-state index in [-0.39, 0.29) is 16.8 Å². The first kappa shape index (κ1) is 10.6. The van der Waals surface area contributed by atoms with E-state index >= 15 is 0 Å². The van der Waals surface area contributed by atoms with Crippen molar-refractivity contribution >= 4 is 5.97 Å². The van der Waals surface area contributed by atoms with Gasteiger partial charge in [-0.25, -0.2) is 0 Å². The Morgan fingerprint density at radius 3 is 2.23 bits per heavy atom. The Kier molecular flexibility index (Phi) is 2.44. The monoisotopic (exact) mass is 184 g/mol. The Labute approximate surface area is 80.7 Å². The van der Waals surface area contributed by atoms with Crippen molar-refractivity contribution in [1.82, 2.24) is 0 Å². The fraction of sp³-hybridized carbons (Fsp3) is 0.909. The van der Waals surface area contributed by atoms with Gasteiger partial charge in [0.25, 0.3) is 0 Å². The number of carbonyl (C=O) groups excluding carboxylic acids is 1. The first-order chi connectivity index (χ1) is 5.86. The molecule has 13 heavy (non-hydrogen) atoms. The van der Waals surface area contributed by atoms with E-state index in [1.165, 1.54) is 7.11 Å². The van der Waals surface area contributed by atoms with Crippen LogP contribution in [-0.4, -0.2) is 13.1 Å². The van der Waals surface area contributed by atoms with Gasteiger partial charge in [0.1, 0.15) is 0 Å². The van der Waals surface area contributed by atoms with Crippen LogP contribution in [-0.2, 0) is 9.53 Å². The minimum atomic E-state index is -0.291. The van der Waals surface area contributed by atoms with Crippen LogP contribution in [0.4, 0.5) is 0 Å². The van der Waals surface area contributed by atoms with E-state index in [1.807, 2.05) is 6.92 Å². The number of ether oxygens (including phenoxy) is 1. The number of hydrogen-bond donors (Lipinski definition) is 0. The molecule has 2 nitrogen and oxygen atoms in total. The third-order valence-corrected chi connectivity index (χ3v) is 4.37. The lowest BCUT2D eigenvalue weighted by Gasteiger charge is -2.38. The first-order valence-corrected chi connectivity index (χ1v) is 4.94. The number of rotatable bonds is 1. The third-order valence-electron chi connectivity index (χ3n) is 4.37. The van der Waals surface area contributed by atoms with Crippen molar-refractivity contribution < 1.29 is 9.53 Å². The molecule has 1 rings (SSSR count). The smallest absolute Gasteiger partial charge is 0.312 e. The standard InChI is InChI=1S/C11H20O2/c1-8-6-7-11(4,9(12)13-5)10(8,2)3/h8H,6-7H2,1-5H3/t8-,11+/m1/s1. The Morgan fingerprint density at radius 2 is 1.92 bits per heavy atom. The minimum Gasteiger partial charge on any atom is -0.469 e. The van der Waals surface area contributed by atoms with E-state index in [2.05, 4.69) is 20.8 Å². The van der Waals surface area contributed by atoms with Gasteiger partial charge >= 0.3 is 5.97 Å².